The van der Waals surface area contributed by atoms with Crippen LogP contribution in [0.5, 0.6) is 0 Å². The maximum absolute atomic E-state index is 9.48. The number of hydrogen-bond acceptors (Lipinski definition) is 2. The third-order valence-electron chi connectivity index (χ3n) is 6.11. The quantitative estimate of drug-likeness (QED) is 0.570. The molecule has 0 spiro atoms. The molecule has 0 saturated carbocycles. The predicted octanol–water partition coefficient (Wildman–Crippen LogP) is 5.88. The number of aryl methyl sites for hydroxylation is 1. The average molecular weight is 368 g/mol. The first-order valence-corrected chi connectivity index (χ1v) is 10.0. The van der Waals surface area contributed by atoms with Gasteiger partial charge in [0.2, 0.25) is 0 Å². The van der Waals surface area contributed by atoms with Crippen LogP contribution in [0.1, 0.15) is 37.0 Å². The summed E-state index contributed by atoms with van der Waals surface area (Å²) < 4.78 is 9.48. The smallest absolute Gasteiger partial charge is 0.128 e. The molecule has 0 radical (unpaired) electrons. The number of para-hydroxylation sites is 1. The molecular weight excluding hydrogens is 340 g/mol. The Kier molecular flexibility index (Phi) is 3.92. The van der Waals surface area contributed by atoms with Crippen molar-refractivity contribution in [1.29, 1.82) is 0 Å². The van der Waals surface area contributed by atoms with Crippen molar-refractivity contribution in [3.8, 4) is 0 Å². The Balaban J connectivity index is 1.66. The highest BCUT2D eigenvalue weighted by Crippen LogP contribution is 2.49. The summed E-state index contributed by atoms with van der Waals surface area (Å²) in [6, 6.07) is 29.7. The molecule has 3 aromatic carbocycles. The van der Waals surface area contributed by atoms with E-state index in [0.29, 0.717) is 0 Å². The van der Waals surface area contributed by atoms with Crippen molar-refractivity contribution in [2.75, 3.05) is 4.90 Å². The van der Waals surface area contributed by atoms with Crippen LogP contribution in [0.2, 0.25) is 0 Å². The van der Waals surface area contributed by atoms with E-state index in [1.54, 1.807) is 0 Å². The molecule has 2 heteroatoms. The van der Waals surface area contributed by atoms with Crippen molar-refractivity contribution in [2.45, 2.75) is 38.0 Å². The van der Waals surface area contributed by atoms with E-state index >= 15 is 0 Å². The van der Waals surface area contributed by atoms with Crippen molar-refractivity contribution in [2.24, 2.45) is 0 Å². The van der Waals surface area contributed by atoms with Gasteiger partial charge in [-0.3, -0.25) is 0 Å². The van der Waals surface area contributed by atoms with E-state index < -0.39 is 5.89 Å². The molecule has 2 nitrogen and oxygen atoms in total. The molecule has 1 fully saturated rings. The summed E-state index contributed by atoms with van der Waals surface area (Å²) in [6.07, 6.45) is 4.30. The van der Waals surface area contributed by atoms with Crippen LogP contribution in [-0.2, 0) is 0 Å². The van der Waals surface area contributed by atoms with Crippen molar-refractivity contribution >= 4 is 5.69 Å². The van der Waals surface area contributed by atoms with Gasteiger partial charge in [-0.2, -0.15) is 0 Å². The second kappa shape index (κ2) is 6.87. The van der Waals surface area contributed by atoms with Gasteiger partial charge in [0.05, 0.1) is 6.04 Å². The van der Waals surface area contributed by atoms with Gasteiger partial charge in [-0.15, -0.1) is 0 Å². The van der Waals surface area contributed by atoms with E-state index in [1.807, 2.05) is 18.2 Å². The molecule has 3 unspecified atom stereocenters. The SMILES string of the molecule is [2H]C1(c2ccccc2)C=CN2C(c3ccccc3)N(c3ccccc3C)[C@@H](C)C21. The molecule has 2 heterocycles. The lowest BCUT2D eigenvalue weighted by Crippen LogP contribution is -2.36. The van der Waals surface area contributed by atoms with Gasteiger partial charge in [-0.1, -0.05) is 84.9 Å². The summed E-state index contributed by atoms with van der Waals surface area (Å²) in [5.41, 5.74) is 4.81. The zero-order valence-electron chi connectivity index (χ0n) is 17.4. The van der Waals surface area contributed by atoms with Crippen LogP contribution in [0.15, 0.2) is 97.2 Å². The first kappa shape index (κ1) is 16.0. The van der Waals surface area contributed by atoms with Gasteiger partial charge in [-0.25, -0.2) is 0 Å². The van der Waals surface area contributed by atoms with Gasteiger partial charge in [0.15, 0.2) is 0 Å². The molecule has 140 valence electrons. The van der Waals surface area contributed by atoms with E-state index in [0.717, 1.165) is 5.56 Å². The van der Waals surface area contributed by atoms with Gasteiger partial charge in [-0.05, 0) is 42.8 Å². The van der Waals surface area contributed by atoms with Gasteiger partial charge in [0.25, 0.3) is 0 Å². The first-order valence-electron chi connectivity index (χ1n) is 10.5. The molecule has 0 bridgehead atoms. The van der Waals surface area contributed by atoms with Crippen molar-refractivity contribution < 1.29 is 1.37 Å². The minimum Gasteiger partial charge on any atom is -0.348 e. The number of hydrogen-bond donors (Lipinski definition) is 0. The van der Waals surface area contributed by atoms with Gasteiger partial charge < -0.3 is 9.80 Å². The predicted molar refractivity (Wildman–Crippen MR) is 116 cm³/mol. The molecule has 2 aliphatic heterocycles. The van der Waals surface area contributed by atoms with Crippen molar-refractivity contribution in [1.82, 2.24) is 4.90 Å². The molecule has 5 rings (SSSR count). The number of rotatable bonds is 3. The van der Waals surface area contributed by atoms with E-state index in [9.17, 15) is 1.37 Å². The van der Waals surface area contributed by atoms with E-state index in [1.165, 1.54) is 16.8 Å². The Bertz CT molecular complexity index is 1030. The molecule has 0 aromatic heterocycles. The average Bonchev–Trinajstić information content (AvgIpc) is 3.26. The summed E-state index contributed by atoms with van der Waals surface area (Å²) >= 11 is 0. The number of anilines is 1. The molecule has 0 N–H and O–H groups in total. The zero-order chi connectivity index (χ0) is 20.0. The highest BCUT2D eigenvalue weighted by molar-refractivity contribution is 5.58. The van der Waals surface area contributed by atoms with E-state index in [2.05, 4.69) is 103 Å². The fraction of sp³-hybridized carbons (Fsp3) is 0.231. The normalized spacial score (nSPS) is 29.1. The van der Waals surface area contributed by atoms with Crippen molar-refractivity contribution in [3.05, 3.63) is 114 Å². The molecular formula is C26H26N2. The third-order valence-corrected chi connectivity index (χ3v) is 6.11. The topological polar surface area (TPSA) is 6.48 Å². The van der Waals surface area contributed by atoms with Gasteiger partial charge in [0.1, 0.15) is 6.17 Å². The van der Waals surface area contributed by atoms with Crippen LogP contribution in [0.4, 0.5) is 5.69 Å². The maximum Gasteiger partial charge on any atom is 0.128 e. The molecule has 0 amide bonds. The largest absolute Gasteiger partial charge is 0.348 e. The van der Waals surface area contributed by atoms with Crippen LogP contribution in [0.3, 0.4) is 0 Å². The molecule has 4 atom stereocenters. The molecule has 1 saturated heterocycles. The second-order valence-electron chi connectivity index (χ2n) is 7.75. The zero-order valence-corrected chi connectivity index (χ0v) is 16.4. The second-order valence-corrected chi connectivity index (χ2v) is 7.75. The van der Waals surface area contributed by atoms with E-state index in [-0.39, 0.29) is 18.2 Å². The fourth-order valence-corrected chi connectivity index (χ4v) is 4.84. The summed E-state index contributed by atoms with van der Waals surface area (Å²) in [5.74, 6) is -0.773. The number of fused-ring (bicyclic) bond motifs is 1. The monoisotopic (exact) mass is 367 g/mol. The fourth-order valence-electron chi connectivity index (χ4n) is 4.84. The lowest BCUT2D eigenvalue weighted by molar-refractivity contribution is 0.283. The molecule has 28 heavy (non-hydrogen) atoms. The van der Waals surface area contributed by atoms with Crippen LogP contribution in [0.25, 0.3) is 0 Å². The minimum absolute atomic E-state index is 0.0368. The first-order chi connectivity index (χ1) is 14.1. The molecule has 2 aliphatic rings. The lowest BCUT2D eigenvalue weighted by atomic mass is 9.89. The van der Waals surface area contributed by atoms with Crippen LogP contribution in [0, 0.1) is 6.92 Å². The van der Waals surface area contributed by atoms with Crippen LogP contribution < -0.4 is 4.90 Å². The summed E-state index contributed by atoms with van der Waals surface area (Å²) in [5, 5.41) is 0. The number of nitrogens with zero attached hydrogens (tertiary/aromatic N) is 2. The molecule has 3 aromatic rings. The Hall–Kier alpha value is -3.00. The highest BCUT2D eigenvalue weighted by Gasteiger charge is 2.49. The van der Waals surface area contributed by atoms with Crippen LogP contribution in [-0.4, -0.2) is 17.0 Å². The van der Waals surface area contributed by atoms with Crippen LogP contribution >= 0.6 is 0 Å². The third kappa shape index (κ3) is 2.63. The Labute approximate surface area is 169 Å². The standard InChI is InChI=1S/C26H26N2/c1-19-11-9-10-16-24(19)28-20(2)25-23(21-12-5-3-6-13-21)17-18-27(25)26(28)22-14-7-4-8-15-22/h3-18,20,23,25-26H,1-2H3/t20-,23?,25?,26?/m0/s1/i23D. The highest BCUT2D eigenvalue weighted by atomic mass is 15.5. The Morgan fingerprint density at radius 3 is 2.07 bits per heavy atom. The minimum atomic E-state index is -0.773. The molecule has 0 aliphatic carbocycles. The Morgan fingerprint density at radius 1 is 0.786 bits per heavy atom. The van der Waals surface area contributed by atoms with Gasteiger partial charge in [0, 0.05) is 19.0 Å². The van der Waals surface area contributed by atoms with E-state index in [4.69, 9.17) is 0 Å². The van der Waals surface area contributed by atoms with Crippen molar-refractivity contribution in [3.63, 3.8) is 0 Å². The lowest BCUT2D eigenvalue weighted by Gasteiger charge is -2.33. The summed E-state index contributed by atoms with van der Waals surface area (Å²) in [6.45, 7) is 4.45. The summed E-state index contributed by atoms with van der Waals surface area (Å²) in [4.78, 5) is 4.90. The summed E-state index contributed by atoms with van der Waals surface area (Å²) in [7, 11) is 0. The Morgan fingerprint density at radius 2 is 1.39 bits per heavy atom. The number of benzene rings is 3. The van der Waals surface area contributed by atoms with Gasteiger partial charge >= 0.3 is 0 Å². The maximum atomic E-state index is 9.48.